The molecule has 0 unspecified atom stereocenters. The van der Waals surface area contributed by atoms with Gasteiger partial charge in [-0.1, -0.05) is 72.8 Å². The predicted octanol–water partition coefficient (Wildman–Crippen LogP) is 5.22. The molecule has 0 saturated carbocycles. The van der Waals surface area contributed by atoms with Crippen LogP contribution in [0.1, 0.15) is 5.56 Å². The maximum absolute atomic E-state index is 11.0. The normalized spacial score (nSPS) is 10.8. The molecule has 0 amide bonds. The summed E-state index contributed by atoms with van der Waals surface area (Å²) in [5, 5.41) is 15.7. The minimum atomic E-state index is 0.193. The molecule has 0 atom stereocenters. The molecule has 1 heterocycles. The smallest absolute Gasteiger partial charge is 0.170 e. The fraction of sp³-hybridized carbons (Fsp3) is 0.0455. The van der Waals surface area contributed by atoms with E-state index in [1.54, 1.807) is 0 Å². The van der Waals surface area contributed by atoms with Gasteiger partial charge in [0.2, 0.25) is 0 Å². The number of aryl methyl sites for hydroxylation is 1. The van der Waals surface area contributed by atoms with Crippen molar-refractivity contribution in [3.8, 4) is 34.0 Å². The fourth-order valence-corrected chi connectivity index (χ4v) is 3.00. The molecule has 0 aliphatic carbocycles. The summed E-state index contributed by atoms with van der Waals surface area (Å²) in [4.78, 5) is 0. The first-order chi connectivity index (χ1) is 12.2. The van der Waals surface area contributed by atoms with Crippen LogP contribution in [0.4, 0.5) is 0 Å². The van der Waals surface area contributed by atoms with Crippen LogP contribution in [0, 0.1) is 6.92 Å². The van der Waals surface area contributed by atoms with E-state index in [0.29, 0.717) is 11.4 Å². The average Bonchev–Trinajstić information content (AvgIpc) is 3.00. The van der Waals surface area contributed by atoms with Crippen molar-refractivity contribution in [1.82, 2.24) is 9.78 Å². The Morgan fingerprint density at radius 2 is 1.40 bits per heavy atom. The van der Waals surface area contributed by atoms with E-state index in [1.807, 2.05) is 90.5 Å². The number of hydrogen-bond donors (Lipinski definition) is 1. The van der Waals surface area contributed by atoms with Crippen molar-refractivity contribution < 1.29 is 5.11 Å². The van der Waals surface area contributed by atoms with Gasteiger partial charge < -0.3 is 5.11 Å². The molecule has 1 N–H and O–H groups in total. The molecule has 25 heavy (non-hydrogen) atoms. The van der Waals surface area contributed by atoms with Gasteiger partial charge in [-0.05, 0) is 24.6 Å². The molecule has 1 aromatic heterocycles. The van der Waals surface area contributed by atoms with E-state index in [0.717, 1.165) is 22.4 Å². The molecule has 0 fully saturated rings. The van der Waals surface area contributed by atoms with E-state index in [2.05, 4.69) is 6.07 Å². The van der Waals surface area contributed by atoms with Crippen molar-refractivity contribution in [2.45, 2.75) is 6.92 Å². The number of rotatable bonds is 3. The van der Waals surface area contributed by atoms with Crippen LogP contribution in [-0.2, 0) is 0 Å². The van der Waals surface area contributed by atoms with Crippen LogP contribution >= 0.6 is 0 Å². The third-order valence-electron chi connectivity index (χ3n) is 4.20. The second kappa shape index (κ2) is 6.29. The minimum Gasteiger partial charge on any atom is -0.504 e. The molecule has 3 aromatic carbocycles. The maximum atomic E-state index is 11.0. The van der Waals surface area contributed by atoms with E-state index in [-0.39, 0.29) is 5.75 Å². The highest BCUT2D eigenvalue weighted by Crippen LogP contribution is 2.39. The van der Waals surface area contributed by atoms with Gasteiger partial charge in [0.1, 0.15) is 11.4 Å². The number of aromatic nitrogens is 2. The average molecular weight is 326 g/mol. The van der Waals surface area contributed by atoms with Crippen molar-refractivity contribution in [3.05, 3.63) is 90.5 Å². The zero-order valence-electron chi connectivity index (χ0n) is 13.9. The Labute approximate surface area is 146 Å². The largest absolute Gasteiger partial charge is 0.504 e. The number of benzene rings is 3. The summed E-state index contributed by atoms with van der Waals surface area (Å²) < 4.78 is 1.82. The lowest BCUT2D eigenvalue weighted by molar-refractivity contribution is 0.479. The van der Waals surface area contributed by atoms with Crippen molar-refractivity contribution in [1.29, 1.82) is 0 Å². The maximum Gasteiger partial charge on any atom is 0.170 e. The zero-order valence-corrected chi connectivity index (χ0v) is 13.9. The summed E-state index contributed by atoms with van der Waals surface area (Å²) in [6.45, 7) is 2.05. The first-order valence-corrected chi connectivity index (χ1v) is 8.24. The summed E-state index contributed by atoms with van der Waals surface area (Å²) in [7, 11) is 0. The third kappa shape index (κ3) is 2.81. The Balaban J connectivity index is 1.99. The van der Waals surface area contributed by atoms with Gasteiger partial charge in [-0.25, -0.2) is 4.68 Å². The standard InChI is InChI=1S/C22H18N2O/c1-16-9-8-14-19(15-16)24-21(18-12-6-3-7-13-18)22(25)20(23-24)17-10-4-2-5-11-17/h2-15,25H,1H3. The molecule has 0 aliphatic heterocycles. The number of aromatic hydroxyl groups is 1. The Kier molecular flexibility index (Phi) is 3.82. The second-order valence-corrected chi connectivity index (χ2v) is 6.03. The van der Waals surface area contributed by atoms with Crippen LogP contribution in [-0.4, -0.2) is 14.9 Å². The highest BCUT2D eigenvalue weighted by molar-refractivity contribution is 5.79. The molecule has 0 radical (unpaired) electrons. The lowest BCUT2D eigenvalue weighted by atomic mass is 10.1. The molecule has 3 heteroatoms. The monoisotopic (exact) mass is 326 g/mol. The molecular formula is C22H18N2O. The highest BCUT2D eigenvalue weighted by atomic mass is 16.3. The van der Waals surface area contributed by atoms with Gasteiger partial charge in [0.05, 0.1) is 5.69 Å². The highest BCUT2D eigenvalue weighted by Gasteiger charge is 2.20. The van der Waals surface area contributed by atoms with Crippen LogP contribution in [0.2, 0.25) is 0 Å². The molecule has 4 rings (SSSR count). The first kappa shape index (κ1) is 15.2. The molecule has 4 aromatic rings. The van der Waals surface area contributed by atoms with Gasteiger partial charge in [0.15, 0.2) is 5.75 Å². The van der Waals surface area contributed by atoms with Gasteiger partial charge in [-0.15, -0.1) is 0 Å². The SMILES string of the molecule is Cc1cccc(-n2nc(-c3ccccc3)c(O)c2-c2ccccc2)c1. The van der Waals surface area contributed by atoms with Crippen LogP contribution in [0.3, 0.4) is 0 Å². The Bertz CT molecular complexity index is 1000. The Morgan fingerprint density at radius 1 is 0.760 bits per heavy atom. The second-order valence-electron chi connectivity index (χ2n) is 6.03. The van der Waals surface area contributed by atoms with Crippen molar-refractivity contribution in [2.24, 2.45) is 0 Å². The molecule has 122 valence electrons. The minimum absolute atomic E-state index is 0.193. The quantitative estimate of drug-likeness (QED) is 0.560. The van der Waals surface area contributed by atoms with Gasteiger partial charge >= 0.3 is 0 Å². The van der Waals surface area contributed by atoms with Gasteiger partial charge in [-0.2, -0.15) is 5.10 Å². The van der Waals surface area contributed by atoms with E-state index in [4.69, 9.17) is 5.10 Å². The Hall–Kier alpha value is -3.33. The first-order valence-electron chi connectivity index (χ1n) is 8.24. The summed E-state index contributed by atoms with van der Waals surface area (Å²) >= 11 is 0. The number of nitrogens with zero attached hydrogens (tertiary/aromatic N) is 2. The lowest BCUT2D eigenvalue weighted by Crippen LogP contribution is -1.99. The summed E-state index contributed by atoms with van der Waals surface area (Å²) in [5.41, 5.74) is 5.18. The zero-order chi connectivity index (χ0) is 17.2. The van der Waals surface area contributed by atoms with Crippen molar-refractivity contribution >= 4 is 0 Å². The third-order valence-corrected chi connectivity index (χ3v) is 4.20. The van der Waals surface area contributed by atoms with Gasteiger partial charge in [0.25, 0.3) is 0 Å². The van der Waals surface area contributed by atoms with E-state index < -0.39 is 0 Å². The Morgan fingerprint density at radius 3 is 2.04 bits per heavy atom. The van der Waals surface area contributed by atoms with Crippen LogP contribution < -0.4 is 0 Å². The predicted molar refractivity (Wildman–Crippen MR) is 101 cm³/mol. The van der Waals surface area contributed by atoms with E-state index in [1.165, 1.54) is 0 Å². The van der Waals surface area contributed by atoms with E-state index in [9.17, 15) is 5.11 Å². The molecule has 3 nitrogen and oxygen atoms in total. The van der Waals surface area contributed by atoms with Crippen LogP contribution in [0.5, 0.6) is 5.75 Å². The van der Waals surface area contributed by atoms with Crippen molar-refractivity contribution in [3.63, 3.8) is 0 Å². The lowest BCUT2D eigenvalue weighted by Gasteiger charge is -2.08. The molecule has 0 saturated heterocycles. The van der Waals surface area contributed by atoms with E-state index >= 15 is 0 Å². The summed E-state index contributed by atoms with van der Waals surface area (Å²) in [6, 6.07) is 27.7. The van der Waals surface area contributed by atoms with Gasteiger partial charge in [-0.3, -0.25) is 0 Å². The topological polar surface area (TPSA) is 38.0 Å². The molecule has 0 bridgehead atoms. The summed E-state index contributed by atoms with van der Waals surface area (Å²) in [6.07, 6.45) is 0. The number of hydrogen-bond acceptors (Lipinski definition) is 2. The van der Waals surface area contributed by atoms with Crippen molar-refractivity contribution in [2.75, 3.05) is 0 Å². The van der Waals surface area contributed by atoms with Gasteiger partial charge in [0, 0.05) is 11.1 Å². The van der Waals surface area contributed by atoms with Crippen LogP contribution in [0.15, 0.2) is 84.9 Å². The summed E-state index contributed by atoms with van der Waals surface area (Å²) in [5.74, 6) is 0.193. The molecule has 0 aliphatic rings. The molecular weight excluding hydrogens is 308 g/mol. The van der Waals surface area contributed by atoms with Crippen LogP contribution in [0.25, 0.3) is 28.2 Å². The molecule has 0 spiro atoms. The fourth-order valence-electron chi connectivity index (χ4n) is 3.00.